The molecule has 0 spiro atoms. The smallest absolute Gasteiger partial charge is 0.277 e. The van der Waals surface area contributed by atoms with Gasteiger partial charge in [-0.2, -0.15) is 0 Å². The Bertz CT molecular complexity index is 1010. The maximum Gasteiger partial charge on any atom is 0.277 e. The molecule has 2 aromatic heterocycles. The largest absolute Gasteiger partial charge is 0.350 e. The number of pyridine rings is 1. The van der Waals surface area contributed by atoms with Crippen LogP contribution < -0.4 is 10.9 Å². The maximum absolute atomic E-state index is 12.6. The molecule has 1 aromatic carbocycles. The molecule has 1 amide bonds. The quantitative estimate of drug-likeness (QED) is 0.737. The highest BCUT2D eigenvalue weighted by atomic mass is 16.2. The molecule has 144 valence electrons. The van der Waals surface area contributed by atoms with Gasteiger partial charge >= 0.3 is 0 Å². The first-order chi connectivity index (χ1) is 13.7. The summed E-state index contributed by atoms with van der Waals surface area (Å²) < 4.78 is 1.47. The lowest BCUT2D eigenvalue weighted by Crippen LogP contribution is -2.35. The molecule has 2 heterocycles. The van der Waals surface area contributed by atoms with Crippen molar-refractivity contribution in [2.45, 2.75) is 38.8 Å². The van der Waals surface area contributed by atoms with Gasteiger partial charge in [0.05, 0.1) is 17.6 Å². The molecule has 1 aliphatic rings. The van der Waals surface area contributed by atoms with Crippen LogP contribution in [0.3, 0.4) is 0 Å². The van der Waals surface area contributed by atoms with Crippen molar-refractivity contribution >= 4 is 16.8 Å². The van der Waals surface area contributed by atoms with Gasteiger partial charge < -0.3 is 5.32 Å². The second kappa shape index (κ2) is 8.29. The summed E-state index contributed by atoms with van der Waals surface area (Å²) in [7, 11) is 0. The number of benzene rings is 1. The SMILES string of the molecule is O=C(NCc1ccccn1)C1CCC(Cn2nnc3ccccc3c2=O)CC1. The molecule has 7 nitrogen and oxygen atoms in total. The molecule has 1 aliphatic carbocycles. The van der Waals surface area contributed by atoms with Gasteiger partial charge in [-0.25, -0.2) is 4.68 Å². The summed E-state index contributed by atoms with van der Waals surface area (Å²) in [6.45, 7) is 1.01. The average Bonchev–Trinajstić information content (AvgIpc) is 2.75. The van der Waals surface area contributed by atoms with E-state index in [0.29, 0.717) is 29.9 Å². The number of hydrogen-bond donors (Lipinski definition) is 1. The summed E-state index contributed by atoms with van der Waals surface area (Å²) in [5, 5.41) is 11.8. The minimum Gasteiger partial charge on any atom is -0.350 e. The Kier molecular flexibility index (Phi) is 5.41. The van der Waals surface area contributed by atoms with E-state index in [0.717, 1.165) is 31.4 Å². The molecule has 0 unspecified atom stereocenters. The van der Waals surface area contributed by atoms with Gasteiger partial charge in [0.15, 0.2) is 0 Å². The molecule has 0 radical (unpaired) electrons. The number of fused-ring (bicyclic) bond motifs is 1. The van der Waals surface area contributed by atoms with E-state index in [-0.39, 0.29) is 17.4 Å². The highest BCUT2D eigenvalue weighted by Gasteiger charge is 2.27. The molecule has 1 fully saturated rings. The predicted octanol–water partition coefficient (Wildman–Crippen LogP) is 2.31. The van der Waals surface area contributed by atoms with Crippen LogP contribution in [0.5, 0.6) is 0 Å². The van der Waals surface area contributed by atoms with E-state index < -0.39 is 0 Å². The Hall–Kier alpha value is -3.09. The Morgan fingerprint density at radius 2 is 1.86 bits per heavy atom. The minimum absolute atomic E-state index is 0.0272. The topological polar surface area (TPSA) is 89.8 Å². The van der Waals surface area contributed by atoms with E-state index in [2.05, 4.69) is 20.6 Å². The first-order valence-electron chi connectivity index (χ1n) is 9.71. The first kappa shape index (κ1) is 18.3. The number of amides is 1. The van der Waals surface area contributed by atoms with Gasteiger partial charge in [0.25, 0.3) is 5.56 Å². The van der Waals surface area contributed by atoms with E-state index in [4.69, 9.17) is 0 Å². The molecule has 0 atom stereocenters. The van der Waals surface area contributed by atoms with Crippen LogP contribution in [-0.4, -0.2) is 25.9 Å². The van der Waals surface area contributed by atoms with Crippen molar-refractivity contribution in [2.75, 3.05) is 0 Å². The molecule has 7 heteroatoms. The summed E-state index contributed by atoms with van der Waals surface area (Å²) in [4.78, 5) is 29.2. The molecule has 0 aliphatic heterocycles. The maximum atomic E-state index is 12.6. The Labute approximate surface area is 162 Å². The zero-order valence-corrected chi connectivity index (χ0v) is 15.6. The second-order valence-corrected chi connectivity index (χ2v) is 7.35. The molecule has 0 saturated heterocycles. The number of carbonyl (C=O) groups is 1. The lowest BCUT2D eigenvalue weighted by Gasteiger charge is -2.27. The number of carbonyl (C=O) groups excluding carboxylic acids is 1. The van der Waals surface area contributed by atoms with E-state index in [9.17, 15) is 9.59 Å². The van der Waals surface area contributed by atoms with Crippen molar-refractivity contribution in [1.82, 2.24) is 25.3 Å². The summed E-state index contributed by atoms with van der Waals surface area (Å²) in [5.41, 5.74) is 1.39. The lowest BCUT2D eigenvalue weighted by atomic mass is 9.81. The van der Waals surface area contributed by atoms with Crippen molar-refractivity contribution in [2.24, 2.45) is 11.8 Å². The van der Waals surface area contributed by atoms with Crippen molar-refractivity contribution in [3.63, 3.8) is 0 Å². The van der Waals surface area contributed by atoms with Crippen LogP contribution in [0.4, 0.5) is 0 Å². The predicted molar refractivity (Wildman–Crippen MR) is 105 cm³/mol. The zero-order valence-electron chi connectivity index (χ0n) is 15.6. The fourth-order valence-corrected chi connectivity index (χ4v) is 3.82. The number of aromatic nitrogens is 4. The molecule has 3 aromatic rings. The molecule has 1 N–H and O–H groups in total. The average molecular weight is 377 g/mol. The Balaban J connectivity index is 1.31. The summed E-state index contributed by atoms with van der Waals surface area (Å²) >= 11 is 0. The lowest BCUT2D eigenvalue weighted by molar-refractivity contribution is -0.126. The number of nitrogens with zero attached hydrogens (tertiary/aromatic N) is 4. The minimum atomic E-state index is -0.0965. The number of rotatable bonds is 5. The van der Waals surface area contributed by atoms with Crippen molar-refractivity contribution in [3.05, 3.63) is 64.7 Å². The third-order valence-electron chi connectivity index (χ3n) is 5.45. The highest BCUT2D eigenvalue weighted by Crippen LogP contribution is 2.29. The van der Waals surface area contributed by atoms with Crippen molar-refractivity contribution in [3.8, 4) is 0 Å². The number of hydrogen-bond acceptors (Lipinski definition) is 5. The second-order valence-electron chi connectivity index (χ2n) is 7.35. The van der Waals surface area contributed by atoms with Crippen LogP contribution in [0.1, 0.15) is 31.4 Å². The summed E-state index contributed by atoms with van der Waals surface area (Å²) in [6.07, 6.45) is 5.19. The summed E-state index contributed by atoms with van der Waals surface area (Å²) in [5.74, 6) is 0.458. The third-order valence-corrected chi connectivity index (χ3v) is 5.45. The first-order valence-corrected chi connectivity index (χ1v) is 9.71. The van der Waals surface area contributed by atoms with Crippen molar-refractivity contribution < 1.29 is 4.79 Å². The van der Waals surface area contributed by atoms with Crippen LogP contribution in [-0.2, 0) is 17.9 Å². The zero-order chi connectivity index (χ0) is 19.3. The van der Waals surface area contributed by atoms with Crippen LogP contribution in [0.15, 0.2) is 53.5 Å². The highest BCUT2D eigenvalue weighted by molar-refractivity contribution is 5.78. The third kappa shape index (κ3) is 4.08. The van der Waals surface area contributed by atoms with E-state index >= 15 is 0 Å². The molecular weight excluding hydrogens is 354 g/mol. The standard InChI is InChI=1S/C21H23N5O2/c27-20(23-13-17-5-3-4-12-22-17)16-10-8-15(9-11-16)14-26-21(28)18-6-1-2-7-19(18)24-25-26/h1-7,12,15-16H,8-11,13-14H2,(H,23,27). The van der Waals surface area contributed by atoms with E-state index in [1.165, 1.54) is 4.68 Å². The molecular formula is C21H23N5O2. The van der Waals surface area contributed by atoms with Crippen LogP contribution in [0.2, 0.25) is 0 Å². The molecule has 0 bridgehead atoms. The van der Waals surface area contributed by atoms with E-state index in [1.807, 2.05) is 30.3 Å². The van der Waals surface area contributed by atoms with Crippen LogP contribution in [0, 0.1) is 11.8 Å². The fourth-order valence-electron chi connectivity index (χ4n) is 3.82. The summed E-state index contributed by atoms with van der Waals surface area (Å²) in [6, 6.07) is 12.9. The van der Waals surface area contributed by atoms with Crippen molar-refractivity contribution in [1.29, 1.82) is 0 Å². The van der Waals surface area contributed by atoms with Gasteiger partial charge in [0.2, 0.25) is 5.91 Å². The van der Waals surface area contributed by atoms with Gasteiger partial charge in [-0.3, -0.25) is 14.6 Å². The van der Waals surface area contributed by atoms with E-state index in [1.54, 1.807) is 18.3 Å². The Morgan fingerprint density at radius 3 is 2.64 bits per heavy atom. The fraction of sp³-hybridized carbons (Fsp3) is 0.381. The number of nitrogens with one attached hydrogen (secondary N) is 1. The van der Waals surface area contributed by atoms with Gasteiger partial charge in [-0.1, -0.05) is 23.4 Å². The normalized spacial score (nSPS) is 19.4. The monoisotopic (exact) mass is 377 g/mol. The van der Waals surface area contributed by atoms with Crippen LogP contribution >= 0.6 is 0 Å². The Morgan fingerprint density at radius 1 is 1.07 bits per heavy atom. The van der Waals surface area contributed by atoms with Gasteiger partial charge in [0, 0.05) is 18.7 Å². The van der Waals surface area contributed by atoms with Crippen LogP contribution in [0.25, 0.3) is 10.9 Å². The molecule has 1 saturated carbocycles. The van der Waals surface area contributed by atoms with Gasteiger partial charge in [0.1, 0.15) is 5.52 Å². The molecule has 4 rings (SSSR count). The van der Waals surface area contributed by atoms with Gasteiger partial charge in [-0.05, 0) is 55.9 Å². The van der Waals surface area contributed by atoms with Gasteiger partial charge in [-0.15, -0.1) is 5.10 Å². The molecule has 28 heavy (non-hydrogen) atoms.